The largest absolute Gasteiger partial charge is 0.416 e. The van der Waals surface area contributed by atoms with Crippen molar-refractivity contribution in [2.24, 2.45) is 0 Å². The molecular formula is C21H18F4N6O2. The molecule has 0 saturated carbocycles. The number of nitrogens with one attached hydrogen (secondary N) is 1. The van der Waals surface area contributed by atoms with Gasteiger partial charge in [0.05, 0.1) is 29.1 Å². The molecule has 12 heteroatoms. The Morgan fingerprint density at radius 1 is 1.30 bits per heavy atom. The molecule has 172 valence electrons. The van der Waals surface area contributed by atoms with Crippen LogP contribution in [0.4, 0.5) is 34.8 Å². The zero-order valence-corrected chi connectivity index (χ0v) is 17.2. The van der Waals surface area contributed by atoms with Crippen LogP contribution in [0.5, 0.6) is 0 Å². The summed E-state index contributed by atoms with van der Waals surface area (Å²) in [7, 11) is 0. The van der Waals surface area contributed by atoms with E-state index in [2.05, 4.69) is 15.4 Å². The number of carbonyl (C=O) groups is 2. The molecule has 0 spiro atoms. The van der Waals surface area contributed by atoms with E-state index < -0.39 is 35.8 Å². The number of aromatic nitrogens is 3. The van der Waals surface area contributed by atoms with Crippen molar-refractivity contribution < 1.29 is 27.2 Å². The van der Waals surface area contributed by atoms with Crippen molar-refractivity contribution in [3.05, 3.63) is 65.1 Å². The molecule has 1 aliphatic rings. The molecule has 0 radical (unpaired) electrons. The molecule has 3 N–H and O–H groups in total. The SMILES string of the molecule is C[C@H]1CN(c2ccc(C(F)(F)F)c(CF)c2)C(=O)c2c(NC(=O)c3cccnc3N)cnn21. The van der Waals surface area contributed by atoms with Crippen LogP contribution in [-0.2, 0) is 12.9 Å². The first kappa shape index (κ1) is 22.2. The molecule has 2 amide bonds. The molecule has 1 aliphatic heterocycles. The summed E-state index contributed by atoms with van der Waals surface area (Å²) in [6.07, 6.45) is -1.99. The van der Waals surface area contributed by atoms with Crippen molar-refractivity contribution in [2.75, 3.05) is 22.5 Å². The van der Waals surface area contributed by atoms with Gasteiger partial charge in [-0.3, -0.25) is 14.3 Å². The summed E-state index contributed by atoms with van der Waals surface area (Å²) in [6, 6.07) is 5.50. The molecule has 1 atom stereocenters. The highest BCUT2D eigenvalue weighted by Gasteiger charge is 2.37. The van der Waals surface area contributed by atoms with Gasteiger partial charge >= 0.3 is 6.18 Å². The van der Waals surface area contributed by atoms with Gasteiger partial charge in [-0.15, -0.1) is 0 Å². The van der Waals surface area contributed by atoms with Crippen LogP contribution in [0.25, 0.3) is 0 Å². The number of pyridine rings is 1. The number of anilines is 3. The van der Waals surface area contributed by atoms with Crippen LogP contribution in [0.3, 0.4) is 0 Å². The van der Waals surface area contributed by atoms with Crippen molar-refractivity contribution in [3.63, 3.8) is 0 Å². The number of benzene rings is 1. The molecule has 3 aromatic rings. The Hall–Kier alpha value is -3.96. The molecule has 2 aromatic heterocycles. The third-order valence-corrected chi connectivity index (χ3v) is 5.29. The fourth-order valence-electron chi connectivity index (χ4n) is 3.71. The summed E-state index contributed by atoms with van der Waals surface area (Å²) < 4.78 is 54.2. The van der Waals surface area contributed by atoms with Crippen molar-refractivity contribution >= 4 is 29.0 Å². The second-order valence-electron chi connectivity index (χ2n) is 7.48. The van der Waals surface area contributed by atoms with Gasteiger partial charge in [0.25, 0.3) is 11.8 Å². The van der Waals surface area contributed by atoms with Crippen LogP contribution in [-0.4, -0.2) is 33.1 Å². The zero-order chi connectivity index (χ0) is 23.9. The van der Waals surface area contributed by atoms with Gasteiger partial charge in [0, 0.05) is 18.4 Å². The molecule has 8 nitrogen and oxygen atoms in total. The number of halogens is 4. The van der Waals surface area contributed by atoms with Gasteiger partial charge in [0.2, 0.25) is 0 Å². The van der Waals surface area contributed by atoms with Crippen LogP contribution in [0.1, 0.15) is 44.9 Å². The summed E-state index contributed by atoms with van der Waals surface area (Å²) in [5, 5.41) is 6.75. The maximum atomic E-state index is 13.3. The Morgan fingerprint density at radius 3 is 2.73 bits per heavy atom. The predicted octanol–water partition coefficient (Wildman–Crippen LogP) is 3.82. The molecule has 3 heterocycles. The summed E-state index contributed by atoms with van der Waals surface area (Å²) in [5.74, 6) is -1.21. The number of hydrogen-bond donors (Lipinski definition) is 2. The fourth-order valence-corrected chi connectivity index (χ4v) is 3.71. The van der Waals surface area contributed by atoms with E-state index in [0.29, 0.717) is 0 Å². The number of nitrogens with two attached hydrogens (primary N) is 1. The van der Waals surface area contributed by atoms with Gasteiger partial charge in [-0.1, -0.05) is 0 Å². The highest BCUT2D eigenvalue weighted by atomic mass is 19.4. The van der Waals surface area contributed by atoms with Crippen LogP contribution in [0.15, 0.2) is 42.7 Å². The first-order valence-corrected chi connectivity index (χ1v) is 9.79. The maximum absolute atomic E-state index is 13.3. The topological polar surface area (TPSA) is 106 Å². The number of nitrogen functional groups attached to an aromatic ring is 1. The van der Waals surface area contributed by atoms with E-state index in [1.807, 2.05) is 0 Å². The molecule has 1 aromatic carbocycles. The second kappa shape index (κ2) is 8.19. The quantitative estimate of drug-likeness (QED) is 0.574. The van der Waals surface area contributed by atoms with E-state index in [4.69, 9.17) is 5.73 Å². The average Bonchev–Trinajstić information content (AvgIpc) is 3.19. The van der Waals surface area contributed by atoms with E-state index in [1.165, 1.54) is 34.1 Å². The first-order valence-electron chi connectivity index (χ1n) is 9.79. The summed E-state index contributed by atoms with van der Waals surface area (Å²) >= 11 is 0. The van der Waals surface area contributed by atoms with E-state index in [9.17, 15) is 27.2 Å². The lowest BCUT2D eigenvalue weighted by Gasteiger charge is -2.32. The third kappa shape index (κ3) is 3.99. The number of rotatable bonds is 4. The number of alkyl halides is 4. The lowest BCUT2D eigenvalue weighted by atomic mass is 10.0. The van der Waals surface area contributed by atoms with Crippen LogP contribution in [0, 0.1) is 0 Å². The Labute approximate surface area is 185 Å². The lowest BCUT2D eigenvalue weighted by Crippen LogP contribution is -2.43. The van der Waals surface area contributed by atoms with Crippen LogP contribution in [0.2, 0.25) is 0 Å². The minimum absolute atomic E-state index is 0.000799. The Balaban J connectivity index is 1.68. The van der Waals surface area contributed by atoms with E-state index in [0.717, 1.165) is 18.2 Å². The molecule has 0 aliphatic carbocycles. The van der Waals surface area contributed by atoms with Crippen molar-refractivity contribution in [3.8, 4) is 0 Å². The molecular weight excluding hydrogens is 444 g/mol. The number of amides is 2. The van der Waals surface area contributed by atoms with Crippen molar-refractivity contribution in [1.82, 2.24) is 14.8 Å². The normalized spacial score (nSPS) is 16.0. The number of fused-ring (bicyclic) bond motifs is 1. The van der Waals surface area contributed by atoms with Crippen molar-refractivity contribution in [2.45, 2.75) is 25.8 Å². The number of nitrogens with zero attached hydrogens (tertiary/aromatic N) is 4. The zero-order valence-electron chi connectivity index (χ0n) is 17.2. The van der Waals surface area contributed by atoms with E-state index in [1.54, 1.807) is 6.92 Å². The smallest absolute Gasteiger partial charge is 0.383 e. The number of hydrogen-bond acceptors (Lipinski definition) is 5. The minimum atomic E-state index is -4.72. The average molecular weight is 462 g/mol. The lowest BCUT2D eigenvalue weighted by molar-refractivity contribution is -0.138. The molecule has 0 saturated heterocycles. The summed E-state index contributed by atoms with van der Waals surface area (Å²) in [5.41, 5.74) is 4.40. The van der Waals surface area contributed by atoms with Gasteiger partial charge in [0.15, 0.2) is 5.69 Å². The van der Waals surface area contributed by atoms with Gasteiger partial charge in [-0.25, -0.2) is 9.37 Å². The Bertz CT molecular complexity index is 1240. The molecule has 0 fully saturated rings. The number of carbonyl (C=O) groups excluding carboxylic acids is 2. The standard InChI is InChI=1S/C21H18F4N6O2/c1-11-10-30(13-4-5-15(21(23,24)25)12(7-13)8-22)20(33)17-16(9-28-31(11)17)29-19(32)14-3-2-6-27-18(14)26/h2-7,9,11H,8,10H2,1H3,(H2,26,27)(H,29,32)/t11-/m0/s1. The van der Waals surface area contributed by atoms with Gasteiger partial charge in [0.1, 0.15) is 12.5 Å². The Morgan fingerprint density at radius 2 is 2.06 bits per heavy atom. The summed E-state index contributed by atoms with van der Waals surface area (Å²) in [6.45, 7) is 0.500. The second-order valence-corrected chi connectivity index (χ2v) is 7.48. The third-order valence-electron chi connectivity index (χ3n) is 5.29. The fraction of sp³-hybridized carbons (Fsp3) is 0.238. The maximum Gasteiger partial charge on any atom is 0.416 e. The Kier molecular flexibility index (Phi) is 5.52. The molecule has 0 bridgehead atoms. The molecule has 0 unspecified atom stereocenters. The minimum Gasteiger partial charge on any atom is -0.383 e. The highest BCUT2D eigenvalue weighted by molar-refractivity contribution is 6.14. The van der Waals surface area contributed by atoms with Gasteiger partial charge in [-0.05, 0) is 42.8 Å². The molecule has 33 heavy (non-hydrogen) atoms. The van der Waals surface area contributed by atoms with E-state index in [-0.39, 0.29) is 41.0 Å². The first-order chi connectivity index (χ1) is 15.6. The molecule has 4 rings (SSSR count). The van der Waals surface area contributed by atoms with E-state index >= 15 is 0 Å². The van der Waals surface area contributed by atoms with Crippen molar-refractivity contribution in [1.29, 1.82) is 0 Å². The van der Waals surface area contributed by atoms with Crippen LogP contribution < -0.4 is 16.0 Å². The predicted molar refractivity (Wildman–Crippen MR) is 111 cm³/mol. The van der Waals surface area contributed by atoms with Gasteiger partial charge in [-0.2, -0.15) is 18.3 Å². The highest BCUT2D eigenvalue weighted by Crippen LogP contribution is 2.36. The summed E-state index contributed by atoms with van der Waals surface area (Å²) in [4.78, 5) is 31.0. The monoisotopic (exact) mass is 462 g/mol. The van der Waals surface area contributed by atoms with Crippen LogP contribution >= 0.6 is 0 Å². The van der Waals surface area contributed by atoms with Gasteiger partial charge < -0.3 is 16.0 Å².